The van der Waals surface area contributed by atoms with Crippen LogP contribution >= 0.6 is 0 Å². The Balaban J connectivity index is 2.14. The molecule has 1 N–H and O–H groups in total. The van der Waals surface area contributed by atoms with Crippen LogP contribution in [-0.2, 0) is 13.1 Å². The lowest BCUT2D eigenvalue weighted by atomic mass is 10.2. The highest BCUT2D eigenvalue weighted by atomic mass is 16.3. The van der Waals surface area contributed by atoms with Gasteiger partial charge >= 0.3 is 0 Å². The minimum Gasteiger partial charge on any atom is -0.465 e. The quantitative estimate of drug-likeness (QED) is 0.809. The van der Waals surface area contributed by atoms with E-state index in [1.54, 1.807) is 11.0 Å². The molecule has 2 heterocycles. The maximum atomic E-state index is 5.58. The maximum absolute atomic E-state index is 5.58. The summed E-state index contributed by atoms with van der Waals surface area (Å²) in [6, 6.07) is 2.05. The molecule has 5 nitrogen and oxygen atoms in total. The van der Waals surface area contributed by atoms with Gasteiger partial charge in [0.2, 0.25) is 0 Å². The van der Waals surface area contributed by atoms with Crippen LogP contribution in [0, 0.1) is 6.92 Å². The highest BCUT2D eigenvalue weighted by Crippen LogP contribution is 2.15. The van der Waals surface area contributed by atoms with Crippen molar-refractivity contribution in [3.05, 3.63) is 35.8 Å². The Bertz CT molecular complexity index is 419. The Morgan fingerprint density at radius 1 is 1.53 bits per heavy atom. The van der Waals surface area contributed by atoms with Gasteiger partial charge in [0.25, 0.3) is 0 Å². The predicted octanol–water partition coefficient (Wildman–Crippen LogP) is 0.947. The van der Waals surface area contributed by atoms with Crippen molar-refractivity contribution in [2.24, 2.45) is 0 Å². The normalized spacial score (nSPS) is 10.8. The summed E-state index contributed by atoms with van der Waals surface area (Å²) in [5.41, 5.74) is 1.14. The van der Waals surface area contributed by atoms with Crippen molar-refractivity contribution in [2.75, 3.05) is 7.05 Å². The first-order valence-corrected chi connectivity index (χ1v) is 4.85. The van der Waals surface area contributed by atoms with Crippen molar-refractivity contribution in [3.63, 3.8) is 0 Å². The average molecular weight is 206 g/mol. The van der Waals surface area contributed by atoms with Crippen molar-refractivity contribution in [1.29, 1.82) is 0 Å². The smallest absolute Gasteiger partial charge is 0.137 e. The third-order valence-electron chi connectivity index (χ3n) is 2.22. The van der Waals surface area contributed by atoms with Crippen molar-refractivity contribution in [2.45, 2.75) is 20.0 Å². The zero-order valence-corrected chi connectivity index (χ0v) is 8.90. The SMILES string of the molecule is CNCc1cc(Cn2cncn2)c(C)o1. The molecule has 2 rings (SSSR count). The van der Waals surface area contributed by atoms with Gasteiger partial charge in [-0.1, -0.05) is 0 Å². The number of hydrogen-bond acceptors (Lipinski definition) is 4. The second-order valence-corrected chi connectivity index (χ2v) is 3.42. The Labute approximate surface area is 88.1 Å². The summed E-state index contributed by atoms with van der Waals surface area (Å²) in [5, 5.41) is 7.11. The third-order valence-corrected chi connectivity index (χ3v) is 2.22. The summed E-state index contributed by atoms with van der Waals surface area (Å²) < 4.78 is 7.36. The zero-order valence-electron chi connectivity index (χ0n) is 8.90. The maximum Gasteiger partial charge on any atom is 0.137 e. The minimum atomic E-state index is 0.707. The van der Waals surface area contributed by atoms with Gasteiger partial charge in [-0.15, -0.1) is 0 Å². The number of rotatable bonds is 4. The molecule has 0 radical (unpaired) electrons. The van der Waals surface area contributed by atoms with Gasteiger partial charge in [0, 0.05) is 5.56 Å². The predicted molar refractivity (Wildman–Crippen MR) is 55.3 cm³/mol. The van der Waals surface area contributed by atoms with Crippen LogP contribution in [0.4, 0.5) is 0 Å². The lowest BCUT2D eigenvalue weighted by Crippen LogP contribution is -2.03. The van der Waals surface area contributed by atoms with Gasteiger partial charge < -0.3 is 9.73 Å². The Morgan fingerprint density at radius 2 is 2.40 bits per heavy atom. The third kappa shape index (κ3) is 2.24. The van der Waals surface area contributed by atoms with Gasteiger partial charge in [-0.2, -0.15) is 5.10 Å². The average Bonchev–Trinajstić information content (AvgIpc) is 2.79. The van der Waals surface area contributed by atoms with Gasteiger partial charge in [-0.25, -0.2) is 9.67 Å². The number of aryl methyl sites for hydroxylation is 1. The van der Waals surface area contributed by atoms with Crippen molar-refractivity contribution >= 4 is 0 Å². The Kier molecular flexibility index (Phi) is 2.82. The molecule has 5 heteroatoms. The van der Waals surface area contributed by atoms with E-state index in [1.165, 1.54) is 6.33 Å². The first-order chi connectivity index (χ1) is 7.29. The van der Waals surface area contributed by atoms with E-state index in [-0.39, 0.29) is 0 Å². The number of furan rings is 1. The fraction of sp³-hybridized carbons (Fsp3) is 0.400. The van der Waals surface area contributed by atoms with Crippen molar-refractivity contribution < 1.29 is 4.42 Å². The molecule has 0 saturated heterocycles. The first kappa shape index (κ1) is 9.92. The molecule has 0 atom stereocenters. The van der Waals surface area contributed by atoms with Crippen LogP contribution in [0.25, 0.3) is 0 Å². The molecule has 2 aromatic rings. The summed E-state index contributed by atoms with van der Waals surface area (Å²) in [7, 11) is 1.90. The van der Waals surface area contributed by atoms with E-state index in [9.17, 15) is 0 Å². The molecule has 15 heavy (non-hydrogen) atoms. The molecule has 2 aromatic heterocycles. The Hall–Kier alpha value is -1.62. The van der Waals surface area contributed by atoms with Crippen LogP contribution in [0.2, 0.25) is 0 Å². The molecular weight excluding hydrogens is 192 g/mol. The van der Waals surface area contributed by atoms with Crippen LogP contribution in [0.3, 0.4) is 0 Å². The van der Waals surface area contributed by atoms with Gasteiger partial charge in [0.15, 0.2) is 0 Å². The van der Waals surface area contributed by atoms with E-state index < -0.39 is 0 Å². The molecule has 80 valence electrons. The van der Waals surface area contributed by atoms with E-state index in [1.807, 2.05) is 20.0 Å². The van der Waals surface area contributed by atoms with E-state index in [0.29, 0.717) is 6.54 Å². The van der Waals surface area contributed by atoms with Gasteiger partial charge in [0.05, 0.1) is 13.1 Å². The fourth-order valence-electron chi connectivity index (χ4n) is 1.49. The van der Waals surface area contributed by atoms with Gasteiger partial charge in [-0.05, 0) is 20.0 Å². The summed E-state index contributed by atoms with van der Waals surface area (Å²) in [4.78, 5) is 3.90. The van der Waals surface area contributed by atoms with E-state index in [4.69, 9.17) is 4.42 Å². The zero-order chi connectivity index (χ0) is 10.7. The summed E-state index contributed by atoms with van der Waals surface area (Å²) in [5.74, 6) is 1.89. The Morgan fingerprint density at radius 3 is 3.07 bits per heavy atom. The molecule has 0 spiro atoms. The molecule has 0 aromatic carbocycles. The molecule has 0 bridgehead atoms. The van der Waals surface area contributed by atoms with Crippen LogP contribution in [0.5, 0.6) is 0 Å². The lowest BCUT2D eigenvalue weighted by Gasteiger charge is -1.96. The lowest BCUT2D eigenvalue weighted by molar-refractivity contribution is 0.467. The van der Waals surface area contributed by atoms with Crippen LogP contribution in [-0.4, -0.2) is 21.8 Å². The van der Waals surface area contributed by atoms with Crippen LogP contribution in [0.1, 0.15) is 17.1 Å². The molecule has 0 amide bonds. The summed E-state index contributed by atoms with van der Waals surface area (Å²) >= 11 is 0. The van der Waals surface area contributed by atoms with Crippen LogP contribution < -0.4 is 5.32 Å². The monoisotopic (exact) mass is 206 g/mol. The number of hydrogen-bond donors (Lipinski definition) is 1. The van der Waals surface area contributed by atoms with E-state index in [0.717, 1.165) is 23.6 Å². The highest BCUT2D eigenvalue weighted by molar-refractivity contribution is 5.20. The number of nitrogens with zero attached hydrogens (tertiary/aromatic N) is 3. The number of nitrogens with one attached hydrogen (secondary N) is 1. The van der Waals surface area contributed by atoms with Gasteiger partial charge in [0.1, 0.15) is 24.2 Å². The second kappa shape index (κ2) is 4.27. The highest BCUT2D eigenvalue weighted by Gasteiger charge is 2.07. The minimum absolute atomic E-state index is 0.707. The standard InChI is InChI=1S/C10H14N4O/c1-8-9(3-10(15-8)4-11-2)5-14-7-12-6-13-14/h3,6-7,11H,4-5H2,1-2H3. The number of aromatic nitrogens is 3. The molecular formula is C10H14N4O. The van der Waals surface area contributed by atoms with Crippen molar-refractivity contribution in [1.82, 2.24) is 20.1 Å². The first-order valence-electron chi connectivity index (χ1n) is 4.85. The van der Waals surface area contributed by atoms with E-state index in [2.05, 4.69) is 15.4 Å². The molecule has 0 aliphatic carbocycles. The van der Waals surface area contributed by atoms with E-state index >= 15 is 0 Å². The fourth-order valence-corrected chi connectivity index (χ4v) is 1.49. The van der Waals surface area contributed by atoms with Crippen molar-refractivity contribution in [3.8, 4) is 0 Å². The molecule has 0 saturated carbocycles. The molecule has 0 aliphatic heterocycles. The second-order valence-electron chi connectivity index (χ2n) is 3.42. The largest absolute Gasteiger partial charge is 0.465 e. The molecule has 0 unspecified atom stereocenters. The summed E-state index contributed by atoms with van der Waals surface area (Å²) in [6.45, 7) is 3.42. The molecule has 0 aliphatic rings. The van der Waals surface area contributed by atoms with Gasteiger partial charge in [-0.3, -0.25) is 0 Å². The van der Waals surface area contributed by atoms with Crippen LogP contribution in [0.15, 0.2) is 23.1 Å². The molecule has 0 fully saturated rings. The summed E-state index contributed by atoms with van der Waals surface area (Å²) in [6.07, 6.45) is 3.23. The topological polar surface area (TPSA) is 55.9 Å².